The average molecular weight is 327 g/mol. The minimum atomic E-state index is -0.0593. The normalized spacial score (nSPS) is 14.7. The van der Waals surface area contributed by atoms with E-state index in [0.717, 1.165) is 24.2 Å². The summed E-state index contributed by atoms with van der Waals surface area (Å²) in [4.78, 5) is 14.1. The maximum atomic E-state index is 12.0. The molecule has 0 atom stereocenters. The summed E-state index contributed by atoms with van der Waals surface area (Å²) in [5, 5.41) is 12.5. The maximum absolute atomic E-state index is 12.0. The third kappa shape index (κ3) is 2.76. The lowest BCUT2D eigenvalue weighted by Crippen LogP contribution is -2.34. The van der Waals surface area contributed by atoms with Crippen LogP contribution in [0.4, 0.5) is 0 Å². The van der Waals surface area contributed by atoms with Crippen LogP contribution in [0.1, 0.15) is 24.1 Å². The molecule has 0 spiro atoms. The minimum Gasteiger partial charge on any atom is -0.459 e. The molecule has 0 aliphatic carbocycles. The Kier molecular flexibility index (Phi) is 3.73. The second-order valence-corrected chi connectivity index (χ2v) is 5.71. The summed E-state index contributed by atoms with van der Waals surface area (Å²) in [5.74, 6) is 1.46. The van der Waals surface area contributed by atoms with Crippen LogP contribution in [0.3, 0.4) is 0 Å². The number of fused-ring (bicyclic) bond motifs is 1. The molecular formula is C16H17N5O3. The van der Waals surface area contributed by atoms with Crippen LogP contribution in [0.25, 0.3) is 11.7 Å². The first-order chi connectivity index (χ1) is 11.7. The summed E-state index contributed by atoms with van der Waals surface area (Å²) in [7, 11) is 0. The lowest BCUT2D eigenvalue weighted by atomic mass is 10.1. The molecule has 1 aliphatic rings. The molecule has 3 aromatic heterocycles. The summed E-state index contributed by atoms with van der Waals surface area (Å²) in [6.45, 7) is 4.53. The van der Waals surface area contributed by atoms with Gasteiger partial charge in [-0.2, -0.15) is 5.10 Å². The van der Waals surface area contributed by atoms with Crippen LogP contribution in [-0.2, 0) is 26.1 Å². The number of hydrogen-bond donors (Lipinski definition) is 0. The maximum Gasteiger partial charge on any atom is 0.283 e. The molecule has 1 aliphatic heterocycles. The highest BCUT2D eigenvalue weighted by molar-refractivity contribution is 5.42. The van der Waals surface area contributed by atoms with Gasteiger partial charge in [0.05, 0.1) is 18.5 Å². The van der Waals surface area contributed by atoms with Crippen molar-refractivity contribution < 1.29 is 8.83 Å². The molecule has 0 saturated carbocycles. The Balaban J connectivity index is 1.49. The van der Waals surface area contributed by atoms with Crippen LogP contribution in [0.15, 0.2) is 38.1 Å². The predicted octanol–water partition coefficient (Wildman–Crippen LogP) is 1.46. The van der Waals surface area contributed by atoms with Crippen LogP contribution in [0.2, 0.25) is 0 Å². The lowest BCUT2D eigenvalue weighted by molar-refractivity contribution is 0.218. The molecular weight excluding hydrogens is 310 g/mol. The zero-order chi connectivity index (χ0) is 16.5. The van der Waals surface area contributed by atoms with E-state index in [2.05, 4.69) is 20.2 Å². The van der Waals surface area contributed by atoms with Gasteiger partial charge in [-0.1, -0.05) is 0 Å². The first-order valence-corrected chi connectivity index (χ1v) is 7.91. The van der Waals surface area contributed by atoms with Gasteiger partial charge in [-0.05, 0) is 24.6 Å². The molecule has 0 radical (unpaired) electrons. The van der Waals surface area contributed by atoms with Gasteiger partial charge in [-0.3, -0.25) is 9.69 Å². The Morgan fingerprint density at radius 2 is 2.25 bits per heavy atom. The Morgan fingerprint density at radius 3 is 3.04 bits per heavy atom. The van der Waals surface area contributed by atoms with Crippen molar-refractivity contribution in [3.63, 3.8) is 0 Å². The molecule has 4 heterocycles. The van der Waals surface area contributed by atoms with E-state index in [-0.39, 0.29) is 5.56 Å². The fourth-order valence-corrected chi connectivity index (χ4v) is 2.87. The second kappa shape index (κ2) is 6.04. The summed E-state index contributed by atoms with van der Waals surface area (Å²) < 4.78 is 12.4. The van der Waals surface area contributed by atoms with Gasteiger partial charge < -0.3 is 8.83 Å². The minimum absolute atomic E-state index is 0.0593. The number of furan rings is 1. The van der Waals surface area contributed by atoms with Gasteiger partial charge in [0.2, 0.25) is 5.89 Å². The lowest BCUT2D eigenvalue weighted by Gasteiger charge is -2.26. The standard InChI is InChI=1S/C16H17N5O3/c1-2-21-15(22)8-11-9-20(6-5-12(11)19-21)10-14-17-18-16(24-14)13-4-3-7-23-13/h3-4,7-8H,2,5-6,9-10H2,1H3. The van der Waals surface area contributed by atoms with Crippen LogP contribution in [-0.4, -0.2) is 31.4 Å². The highest BCUT2D eigenvalue weighted by Crippen LogP contribution is 2.21. The molecule has 0 unspecified atom stereocenters. The number of aromatic nitrogens is 4. The average Bonchev–Trinajstić information content (AvgIpc) is 3.25. The molecule has 0 fully saturated rings. The molecule has 8 heteroatoms. The third-order valence-corrected chi connectivity index (χ3v) is 4.08. The topological polar surface area (TPSA) is 90.2 Å². The third-order valence-electron chi connectivity index (χ3n) is 4.08. The van der Waals surface area contributed by atoms with Crippen LogP contribution in [0.5, 0.6) is 0 Å². The Labute approximate surface area is 137 Å². The molecule has 0 saturated heterocycles. The van der Waals surface area contributed by atoms with Crippen molar-refractivity contribution in [3.8, 4) is 11.7 Å². The molecule has 24 heavy (non-hydrogen) atoms. The zero-order valence-electron chi connectivity index (χ0n) is 13.3. The number of rotatable bonds is 4. The smallest absolute Gasteiger partial charge is 0.283 e. The summed E-state index contributed by atoms with van der Waals surface area (Å²) in [6.07, 6.45) is 2.37. The van der Waals surface area contributed by atoms with Gasteiger partial charge in [0, 0.05) is 32.1 Å². The van der Waals surface area contributed by atoms with Crippen molar-refractivity contribution >= 4 is 0 Å². The first kappa shape index (κ1) is 14.8. The van der Waals surface area contributed by atoms with Gasteiger partial charge in [0.1, 0.15) is 0 Å². The Bertz CT molecular complexity index is 897. The van der Waals surface area contributed by atoms with Crippen molar-refractivity contribution in [2.75, 3.05) is 6.54 Å². The molecule has 0 aromatic carbocycles. The Hall–Kier alpha value is -2.74. The molecule has 0 N–H and O–H groups in total. The van der Waals surface area contributed by atoms with Gasteiger partial charge in [-0.15, -0.1) is 10.2 Å². The number of aryl methyl sites for hydroxylation is 1. The van der Waals surface area contributed by atoms with Crippen molar-refractivity contribution in [3.05, 3.63) is 52.0 Å². The van der Waals surface area contributed by atoms with Crippen molar-refractivity contribution in [1.29, 1.82) is 0 Å². The number of hydrogen-bond acceptors (Lipinski definition) is 7. The predicted molar refractivity (Wildman–Crippen MR) is 84.0 cm³/mol. The molecule has 124 valence electrons. The van der Waals surface area contributed by atoms with Crippen LogP contribution in [0, 0.1) is 0 Å². The van der Waals surface area contributed by atoms with E-state index in [4.69, 9.17) is 8.83 Å². The van der Waals surface area contributed by atoms with E-state index in [1.807, 2.05) is 6.92 Å². The largest absolute Gasteiger partial charge is 0.459 e. The van der Waals surface area contributed by atoms with E-state index in [9.17, 15) is 4.79 Å². The molecule has 0 amide bonds. The van der Waals surface area contributed by atoms with Crippen molar-refractivity contribution in [2.24, 2.45) is 0 Å². The van der Waals surface area contributed by atoms with Gasteiger partial charge in [0.25, 0.3) is 11.4 Å². The summed E-state index contributed by atoms with van der Waals surface area (Å²) >= 11 is 0. The van der Waals surface area contributed by atoms with Crippen LogP contribution >= 0.6 is 0 Å². The number of nitrogens with zero attached hydrogens (tertiary/aromatic N) is 5. The molecule has 0 bridgehead atoms. The highest BCUT2D eigenvalue weighted by Gasteiger charge is 2.21. The van der Waals surface area contributed by atoms with E-state index < -0.39 is 0 Å². The van der Waals surface area contributed by atoms with Crippen molar-refractivity contribution in [1.82, 2.24) is 24.9 Å². The zero-order valence-corrected chi connectivity index (χ0v) is 13.3. The second-order valence-electron chi connectivity index (χ2n) is 5.71. The van der Waals surface area contributed by atoms with Gasteiger partial charge >= 0.3 is 0 Å². The monoisotopic (exact) mass is 327 g/mol. The van der Waals surface area contributed by atoms with Crippen LogP contribution < -0.4 is 5.56 Å². The fourth-order valence-electron chi connectivity index (χ4n) is 2.87. The fraction of sp³-hybridized carbons (Fsp3) is 0.375. The van der Waals surface area contributed by atoms with E-state index >= 15 is 0 Å². The summed E-state index contributed by atoms with van der Waals surface area (Å²) in [5.41, 5.74) is 1.91. The quantitative estimate of drug-likeness (QED) is 0.716. The molecule has 8 nitrogen and oxygen atoms in total. The van der Waals surface area contributed by atoms with Gasteiger partial charge in [0.15, 0.2) is 5.76 Å². The van der Waals surface area contributed by atoms with E-state index in [0.29, 0.717) is 37.2 Å². The first-order valence-electron chi connectivity index (χ1n) is 7.91. The molecule has 3 aromatic rings. The Morgan fingerprint density at radius 1 is 1.33 bits per heavy atom. The van der Waals surface area contributed by atoms with E-state index in [1.165, 1.54) is 4.68 Å². The van der Waals surface area contributed by atoms with E-state index in [1.54, 1.807) is 24.5 Å². The summed E-state index contributed by atoms with van der Waals surface area (Å²) in [6, 6.07) is 5.23. The SMILES string of the molecule is CCn1nc2c(cc1=O)CN(Cc1nnc(-c3ccco3)o1)CC2. The molecule has 4 rings (SSSR count). The van der Waals surface area contributed by atoms with Crippen molar-refractivity contribution in [2.45, 2.75) is 33.0 Å². The van der Waals surface area contributed by atoms with Gasteiger partial charge in [-0.25, -0.2) is 4.68 Å². The highest BCUT2D eigenvalue weighted by atomic mass is 16.4.